The molecule has 0 unspecified atom stereocenters. The maximum absolute atomic E-state index is 11.3. The number of hydrogen-bond acceptors (Lipinski definition) is 4. The van der Waals surface area contributed by atoms with Crippen LogP contribution < -0.4 is 0 Å². The van der Waals surface area contributed by atoms with Gasteiger partial charge >= 0.3 is 0 Å². The smallest absolute Gasteiger partial charge is 0.258 e. The molecule has 4 aromatic rings. The summed E-state index contributed by atoms with van der Waals surface area (Å²) in [5.41, 5.74) is 5.18. The molecule has 3 aromatic carbocycles. The highest BCUT2D eigenvalue weighted by Crippen LogP contribution is 2.47. The van der Waals surface area contributed by atoms with Gasteiger partial charge in [-0.2, -0.15) is 0 Å². The van der Waals surface area contributed by atoms with Crippen molar-refractivity contribution in [2.75, 3.05) is 0 Å². The van der Waals surface area contributed by atoms with Gasteiger partial charge in [0.15, 0.2) is 0 Å². The van der Waals surface area contributed by atoms with Gasteiger partial charge in [-0.3, -0.25) is 10.1 Å². The molecule has 108 valence electrons. The Morgan fingerprint density at radius 1 is 0.783 bits per heavy atom. The number of fused-ring (bicyclic) bond motifs is 4. The predicted octanol–water partition coefficient (Wildman–Crippen LogP) is 4.34. The topological polar surface area (TPSA) is 68.9 Å². The van der Waals surface area contributed by atoms with E-state index in [-0.39, 0.29) is 10.6 Å². The average Bonchev–Trinajstić information content (AvgIpc) is 2.88. The van der Waals surface area contributed by atoms with E-state index in [2.05, 4.69) is 0 Å². The lowest BCUT2D eigenvalue weighted by Crippen LogP contribution is -1.90. The van der Waals surface area contributed by atoms with Crippen molar-refractivity contribution in [3.63, 3.8) is 0 Å². The van der Waals surface area contributed by atoms with E-state index in [4.69, 9.17) is 9.97 Å². The molecule has 0 saturated carbocycles. The quantitative estimate of drug-likeness (QED) is 0.341. The Morgan fingerprint density at radius 3 is 2.09 bits per heavy atom. The highest BCUT2D eigenvalue weighted by molar-refractivity contribution is 6.16. The standard InChI is InChI=1S/C18H9N3O2/c22-21(23)15-9-8-12-16-10(15)4-3-5-11(16)17-18(12)20-14-7-2-1-6-13(14)19-17/h1-9H. The van der Waals surface area contributed by atoms with E-state index in [1.54, 1.807) is 18.2 Å². The predicted molar refractivity (Wildman–Crippen MR) is 88.1 cm³/mol. The van der Waals surface area contributed by atoms with Crippen LogP contribution in [-0.4, -0.2) is 14.9 Å². The molecule has 0 bridgehead atoms. The molecule has 0 N–H and O–H groups in total. The van der Waals surface area contributed by atoms with Gasteiger partial charge in [0.05, 0.1) is 32.7 Å². The first-order chi connectivity index (χ1) is 11.2. The molecule has 0 atom stereocenters. The first kappa shape index (κ1) is 12.2. The lowest BCUT2D eigenvalue weighted by Gasteiger charge is -2.02. The van der Waals surface area contributed by atoms with Gasteiger partial charge in [-0.15, -0.1) is 0 Å². The second kappa shape index (κ2) is 4.10. The summed E-state index contributed by atoms with van der Waals surface area (Å²) in [6.45, 7) is 0. The van der Waals surface area contributed by atoms with Crippen molar-refractivity contribution in [3.05, 3.63) is 64.7 Å². The Kier molecular flexibility index (Phi) is 2.18. The highest BCUT2D eigenvalue weighted by atomic mass is 16.6. The van der Waals surface area contributed by atoms with Crippen LogP contribution in [0.15, 0.2) is 54.6 Å². The van der Waals surface area contributed by atoms with Crippen LogP contribution in [0.4, 0.5) is 5.69 Å². The monoisotopic (exact) mass is 299 g/mol. The molecule has 5 nitrogen and oxygen atoms in total. The summed E-state index contributed by atoms with van der Waals surface area (Å²) >= 11 is 0. The molecule has 0 radical (unpaired) electrons. The molecule has 0 amide bonds. The summed E-state index contributed by atoms with van der Waals surface area (Å²) in [6.07, 6.45) is 0. The number of aromatic nitrogens is 2. The summed E-state index contributed by atoms with van der Waals surface area (Å²) in [7, 11) is 0. The van der Waals surface area contributed by atoms with E-state index in [0.29, 0.717) is 5.39 Å². The fourth-order valence-electron chi connectivity index (χ4n) is 3.32. The van der Waals surface area contributed by atoms with Crippen LogP contribution in [0.3, 0.4) is 0 Å². The Labute approximate surface area is 130 Å². The number of nitrogens with zero attached hydrogens (tertiary/aromatic N) is 3. The number of hydrogen-bond donors (Lipinski definition) is 0. The van der Waals surface area contributed by atoms with Gasteiger partial charge in [-0.05, 0) is 24.3 Å². The van der Waals surface area contributed by atoms with E-state index in [1.807, 2.05) is 36.4 Å². The third-order valence-electron chi connectivity index (χ3n) is 4.30. The molecule has 1 aromatic heterocycles. The summed E-state index contributed by atoms with van der Waals surface area (Å²) in [5, 5.41) is 12.8. The molecule has 1 aliphatic rings. The van der Waals surface area contributed by atoms with Crippen LogP contribution in [0.2, 0.25) is 0 Å². The maximum Gasteiger partial charge on any atom is 0.277 e. The molecule has 5 heteroatoms. The first-order valence-electron chi connectivity index (χ1n) is 7.22. The number of nitro benzene ring substituents is 1. The fourth-order valence-corrected chi connectivity index (χ4v) is 3.32. The summed E-state index contributed by atoms with van der Waals surface area (Å²) in [5.74, 6) is 0. The zero-order chi connectivity index (χ0) is 15.6. The number of nitro groups is 1. The van der Waals surface area contributed by atoms with Crippen LogP contribution in [0.5, 0.6) is 0 Å². The lowest BCUT2D eigenvalue weighted by atomic mass is 10.0. The maximum atomic E-state index is 11.3. The van der Waals surface area contributed by atoms with E-state index < -0.39 is 0 Å². The average molecular weight is 299 g/mol. The van der Waals surface area contributed by atoms with E-state index in [9.17, 15) is 10.1 Å². The molecule has 0 saturated heterocycles. The minimum atomic E-state index is -0.344. The van der Waals surface area contributed by atoms with Crippen molar-refractivity contribution in [1.82, 2.24) is 9.97 Å². The highest BCUT2D eigenvalue weighted by Gasteiger charge is 2.27. The lowest BCUT2D eigenvalue weighted by molar-refractivity contribution is -0.383. The normalized spacial score (nSPS) is 11.8. The van der Waals surface area contributed by atoms with Crippen molar-refractivity contribution >= 4 is 27.5 Å². The molecule has 1 aliphatic carbocycles. The Morgan fingerprint density at radius 2 is 1.43 bits per heavy atom. The molecule has 23 heavy (non-hydrogen) atoms. The van der Waals surface area contributed by atoms with Gasteiger partial charge in [-0.25, -0.2) is 9.97 Å². The minimum absolute atomic E-state index is 0.114. The molecular formula is C18H9N3O2. The first-order valence-corrected chi connectivity index (χ1v) is 7.22. The third kappa shape index (κ3) is 1.51. The minimum Gasteiger partial charge on any atom is -0.258 e. The third-order valence-corrected chi connectivity index (χ3v) is 4.30. The van der Waals surface area contributed by atoms with Crippen molar-refractivity contribution < 1.29 is 4.92 Å². The Hall–Kier alpha value is -3.34. The van der Waals surface area contributed by atoms with Crippen LogP contribution in [-0.2, 0) is 0 Å². The number of non-ortho nitro benzene ring substituents is 1. The van der Waals surface area contributed by atoms with Crippen LogP contribution >= 0.6 is 0 Å². The van der Waals surface area contributed by atoms with Gasteiger partial charge in [0, 0.05) is 22.6 Å². The van der Waals surface area contributed by atoms with Crippen molar-refractivity contribution in [2.45, 2.75) is 0 Å². The van der Waals surface area contributed by atoms with Crippen LogP contribution in [0.25, 0.3) is 44.3 Å². The zero-order valence-corrected chi connectivity index (χ0v) is 11.9. The fraction of sp³-hybridized carbons (Fsp3) is 0. The molecule has 5 rings (SSSR count). The second-order valence-corrected chi connectivity index (χ2v) is 5.53. The Balaban J connectivity index is 1.96. The molecule has 1 heterocycles. The SMILES string of the molecule is O=[N+]([O-])c1ccc2c3c(cccc13)-c1nc3ccccc3nc1-2. The summed E-state index contributed by atoms with van der Waals surface area (Å²) in [6, 6.07) is 16.6. The van der Waals surface area contributed by atoms with Crippen molar-refractivity contribution in [2.24, 2.45) is 0 Å². The van der Waals surface area contributed by atoms with Gasteiger partial charge in [0.2, 0.25) is 0 Å². The molecular weight excluding hydrogens is 290 g/mol. The Bertz CT molecular complexity index is 1100. The van der Waals surface area contributed by atoms with Crippen LogP contribution in [0.1, 0.15) is 0 Å². The molecule has 0 fully saturated rings. The molecule has 0 aliphatic heterocycles. The van der Waals surface area contributed by atoms with Gasteiger partial charge in [-0.1, -0.05) is 24.3 Å². The van der Waals surface area contributed by atoms with Gasteiger partial charge in [0.25, 0.3) is 5.69 Å². The largest absolute Gasteiger partial charge is 0.277 e. The number of benzene rings is 3. The van der Waals surface area contributed by atoms with E-state index >= 15 is 0 Å². The van der Waals surface area contributed by atoms with Crippen LogP contribution in [0, 0.1) is 10.1 Å². The second-order valence-electron chi connectivity index (χ2n) is 5.53. The van der Waals surface area contributed by atoms with Crippen molar-refractivity contribution in [3.8, 4) is 22.5 Å². The molecule has 0 spiro atoms. The van der Waals surface area contributed by atoms with Gasteiger partial charge in [0.1, 0.15) is 0 Å². The number of rotatable bonds is 1. The van der Waals surface area contributed by atoms with E-state index in [0.717, 1.165) is 38.9 Å². The zero-order valence-electron chi connectivity index (χ0n) is 11.9. The summed E-state index contributed by atoms with van der Waals surface area (Å²) < 4.78 is 0. The number of para-hydroxylation sites is 2. The van der Waals surface area contributed by atoms with Gasteiger partial charge < -0.3 is 0 Å². The van der Waals surface area contributed by atoms with E-state index in [1.165, 1.54) is 0 Å². The summed E-state index contributed by atoms with van der Waals surface area (Å²) in [4.78, 5) is 20.4. The van der Waals surface area contributed by atoms with Crippen molar-refractivity contribution in [1.29, 1.82) is 0 Å².